The van der Waals surface area contributed by atoms with Crippen LogP contribution in [0.1, 0.15) is 25.3 Å². The average molecular weight is 518 g/mol. The van der Waals surface area contributed by atoms with E-state index in [0.717, 1.165) is 3.57 Å². The zero-order chi connectivity index (χ0) is 18.8. The number of hydrogen-bond acceptors (Lipinski definition) is 4. The fourth-order valence-corrected chi connectivity index (χ4v) is 3.91. The second-order valence-corrected chi connectivity index (χ2v) is 8.69. The van der Waals surface area contributed by atoms with Crippen LogP contribution in [0.5, 0.6) is 0 Å². The maximum atomic E-state index is 12.8. The Kier molecular flexibility index (Phi) is 6.82. The number of ketones is 1. The van der Waals surface area contributed by atoms with Crippen LogP contribution in [0.4, 0.5) is 0 Å². The van der Waals surface area contributed by atoms with Crippen LogP contribution in [0.15, 0.2) is 34.8 Å². The third-order valence-electron chi connectivity index (χ3n) is 4.21. The predicted octanol–water partition coefficient (Wildman–Crippen LogP) is 4.32. The lowest BCUT2D eigenvalue weighted by Gasteiger charge is -2.42. The van der Waals surface area contributed by atoms with E-state index in [4.69, 9.17) is 39.5 Å². The van der Waals surface area contributed by atoms with Crippen molar-refractivity contribution in [2.45, 2.75) is 30.2 Å². The maximum absolute atomic E-state index is 12.8. The van der Waals surface area contributed by atoms with Crippen LogP contribution in [-0.2, 0) is 19.9 Å². The number of aliphatic hydroxyl groups is 1. The summed E-state index contributed by atoms with van der Waals surface area (Å²) >= 11 is 20.1. The molecule has 1 aromatic carbocycles. The minimum absolute atomic E-state index is 0.00455. The van der Waals surface area contributed by atoms with Crippen molar-refractivity contribution in [2.75, 3.05) is 6.61 Å². The molecule has 0 aromatic heterocycles. The molecular formula is C17H16Cl3IO4. The van der Waals surface area contributed by atoms with E-state index in [1.807, 2.05) is 12.1 Å². The number of alkyl halides is 1. The molecule has 1 aliphatic rings. The van der Waals surface area contributed by atoms with Gasteiger partial charge in [0.25, 0.3) is 0 Å². The number of Topliss-reactive ketones (excluding diaryl/α,β-unsaturated/α-hetero) is 1. The Hall–Kier alpha value is -0.340. The van der Waals surface area contributed by atoms with Gasteiger partial charge in [0.2, 0.25) is 4.87 Å². The highest BCUT2D eigenvalue weighted by Crippen LogP contribution is 2.47. The molecule has 0 heterocycles. The van der Waals surface area contributed by atoms with Gasteiger partial charge in [-0.2, -0.15) is 0 Å². The standard InChI is InChI=1S/C17H16Cl3IO4/c1-2-25-15(23)17(20)11(7-14(18)19)8-16(24,9-13(17)22)10-3-5-12(21)6-4-10/h3-7,11,24H,2,8-9H2,1H3. The molecule has 1 aromatic rings. The fourth-order valence-electron chi connectivity index (χ4n) is 2.98. The molecule has 4 nitrogen and oxygen atoms in total. The zero-order valence-electron chi connectivity index (χ0n) is 13.3. The lowest BCUT2D eigenvalue weighted by atomic mass is 9.68. The van der Waals surface area contributed by atoms with E-state index in [1.54, 1.807) is 19.1 Å². The van der Waals surface area contributed by atoms with Gasteiger partial charge in [-0.1, -0.05) is 46.9 Å². The van der Waals surface area contributed by atoms with Crippen molar-refractivity contribution >= 4 is 69.1 Å². The van der Waals surface area contributed by atoms with E-state index in [2.05, 4.69) is 22.6 Å². The molecule has 0 bridgehead atoms. The van der Waals surface area contributed by atoms with Crippen molar-refractivity contribution in [3.05, 3.63) is 44.0 Å². The lowest BCUT2D eigenvalue weighted by Crippen LogP contribution is -2.56. The highest BCUT2D eigenvalue weighted by Gasteiger charge is 2.58. The summed E-state index contributed by atoms with van der Waals surface area (Å²) in [5.74, 6) is -2.40. The molecule has 25 heavy (non-hydrogen) atoms. The Morgan fingerprint density at radius 2 is 2.00 bits per heavy atom. The first-order valence-corrected chi connectivity index (χ1v) is 9.75. The Morgan fingerprint density at radius 3 is 2.52 bits per heavy atom. The summed E-state index contributed by atoms with van der Waals surface area (Å²) in [7, 11) is 0. The first-order valence-electron chi connectivity index (χ1n) is 7.54. The summed E-state index contributed by atoms with van der Waals surface area (Å²) < 4.78 is 5.82. The quantitative estimate of drug-likeness (QED) is 0.280. The summed E-state index contributed by atoms with van der Waals surface area (Å²) in [6.07, 6.45) is 1.01. The Morgan fingerprint density at radius 1 is 1.40 bits per heavy atom. The number of rotatable bonds is 4. The zero-order valence-corrected chi connectivity index (χ0v) is 17.7. The van der Waals surface area contributed by atoms with Gasteiger partial charge in [0, 0.05) is 15.9 Å². The summed E-state index contributed by atoms with van der Waals surface area (Å²) in [5, 5.41) is 11.1. The number of esters is 1. The molecule has 0 radical (unpaired) electrons. The molecule has 1 saturated carbocycles. The van der Waals surface area contributed by atoms with Crippen LogP contribution in [0.2, 0.25) is 0 Å². The highest BCUT2D eigenvalue weighted by molar-refractivity contribution is 14.1. The van der Waals surface area contributed by atoms with E-state index in [-0.39, 0.29) is 23.9 Å². The topological polar surface area (TPSA) is 63.6 Å². The number of halogens is 4. The molecule has 0 amide bonds. The minimum atomic E-state index is -1.96. The monoisotopic (exact) mass is 516 g/mol. The molecule has 1 N–H and O–H groups in total. The minimum Gasteiger partial charge on any atom is -0.464 e. The second-order valence-electron chi connectivity index (χ2n) is 5.84. The van der Waals surface area contributed by atoms with Gasteiger partial charge in [-0.05, 0) is 59.7 Å². The van der Waals surface area contributed by atoms with Crippen LogP contribution < -0.4 is 0 Å². The van der Waals surface area contributed by atoms with E-state index >= 15 is 0 Å². The number of carbonyl (C=O) groups is 2. The molecule has 0 spiro atoms. The van der Waals surface area contributed by atoms with E-state index < -0.39 is 28.1 Å². The van der Waals surface area contributed by atoms with Crippen LogP contribution in [-0.4, -0.2) is 28.3 Å². The lowest BCUT2D eigenvalue weighted by molar-refractivity contribution is -0.156. The van der Waals surface area contributed by atoms with Gasteiger partial charge < -0.3 is 9.84 Å². The van der Waals surface area contributed by atoms with Crippen LogP contribution in [0, 0.1) is 9.49 Å². The molecular weight excluding hydrogens is 501 g/mol. The molecule has 1 fully saturated rings. The van der Waals surface area contributed by atoms with E-state index in [1.165, 1.54) is 6.08 Å². The van der Waals surface area contributed by atoms with Crippen molar-refractivity contribution < 1.29 is 19.4 Å². The van der Waals surface area contributed by atoms with Gasteiger partial charge in [0.05, 0.1) is 12.2 Å². The van der Waals surface area contributed by atoms with Gasteiger partial charge in [-0.15, -0.1) is 0 Å². The smallest absolute Gasteiger partial charge is 0.335 e. The third kappa shape index (κ3) is 4.33. The number of allylic oxidation sites excluding steroid dienone is 1. The predicted molar refractivity (Wildman–Crippen MR) is 106 cm³/mol. The van der Waals surface area contributed by atoms with Gasteiger partial charge >= 0.3 is 5.97 Å². The van der Waals surface area contributed by atoms with Crippen molar-refractivity contribution in [2.24, 2.45) is 5.92 Å². The molecule has 8 heteroatoms. The Balaban J connectivity index is 2.47. The third-order valence-corrected chi connectivity index (χ3v) is 5.83. The number of benzene rings is 1. The van der Waals surface area contributed by atoms with Gasteiger partial charge in [0.15, 0.2) is 5.78 Å². The molecule has 0 saturated heterocycles. The number of hydrogen-bond donors (Lipinski definition) is 1. The summed E-state index contributed by atoms with van der Waals surface area (Å²) in [6, 6.07) is 7.13. The largest absolute Gasteiger partial charge is 0.464 e. The number of carbonyl (C=O) groups excluding carboxylic acids is 2. The molecule has 0 aliphatic heterocycles. The van der Waals surface area contributed by atoms with E-state index in [9.17, 15) is 14.7 Å². The van der Waals surface area contributed by atoms with Crippen molar-refractivity contribution in [3.8, 4) is 0 Å². The molecule has 3 atom stereocenters. The van der Waals surface area contributed by atoms with E-state index in [0.29, 0.717) is 5.56 Å². The van der Waals surface area contributed by atoms with Gasteiger partial charge in [-0.25, -0.2) is 4.79 Å². The van der Waals surface area contributed by atoms with Crippen molar-refractivity contribution in [3.63, 3.8) is 0 Å². The SMILES string of the molecule is CCOC(=O)C1(Cl)C(=O)CC(O)(c2ccc(I)cc2)CC1C=C(Cl)Cl. The summed E-state index contributed by atoms with van der Waals surface area (Å²) in [5.41, 5.74) is -0.913. The molecule has 136 valence electrons. The summed E-state index contributed by atoms with van der Waals surface area (Å²) in [4.78, 5) is 23.2. The first-order chi connectivity index (χ1) is 11.6. The normalized spacial score (nSPS) is 29.2. The Bertz CT molecular complexity index is 702. The van der Waals surface area contributed by atoms with Crippen LogP contribution >= 0.6 is 57.4 Å². The number of ether oxygens (including phenoxy) is 1. The molecule has 2 rings (SSSR count). The van der Waals surface area contributed by atoms with Gasteiger partial charge in [-0.3, -0.25) is 4.79 Å². The summed E-state index contributed by atoms with van der Waals surface area (Å²) in [6.45, 7) is 1.69. The first kappa shape index (κ1) is 21.0. The van der Waals surface area contributed by atoms with Crippen molar-refractivity contribution in [1.29, 1.82) is 0 Å². The maximum Gasteiger partial charge on any atom is 0.335 e. The van der Waals surface area contributed by atoms with Crippen LogP contribution in [0.25, 0.3) is 0 Å². The average Bonchev–Trinajstić information content (AvgIpc) is 2.52. The Labute approximate surface area is 174 Å². The second kappa shape index (κ2) is 8.13. The highest BCUT2D eigenvalue weighted by atomic mass is 127. The van der Waals surface area contributed by atoms with Gasteiger partial charge in [0.1, 0.15) is 4.49 Å². The van der Waals surface area contributed by atoms with Crippen molar-refractivity contribution in [1.82, 2.24) is 0 Å². The molecule has 1 aliphatic carbocycles. The van der Waals surface area contributed by atoms with Crippen LogP contribution in [0.3, 0.4) is 0 Å². The fraction of sp³-hybridized carbons (Fsp3) is 0.412. The molecule has 3 unspecified atom stereocenters.